The fourth-order valence-electron chi connectivity index (χ4n) is 3.20. The van der Waals surface area contributed by atoms with E-state index < -0.39 is 0 Å². The van der Waals surface area contributed by atoms with E-state index in [9.17, 15) is 10.1 Å². The van der Waals surface area contributed by atoms with Crippen molar-refractivity contribution in [3.63, 3.8) is 0 Å². The molecule has 1 amide bonds. The average Bonchev–Trinajstić information content (AvgIpc) is 2.66. The third-order valence-electron chi connectivity index (χ3n) is 4.42. The van der Waals surface area contributed by atoms with Gasteiger partial charge < -0.3 is 15.0 Å². The van der Waals surface area contributed by atoms with Crippen LogP contribution in [0.15, 0.2) is 54.2 Å². The molecule has 0 bridgehead atoms. The van der Waals surface area contributed by atoms with Crippen LogP contribution in [0.3, 0.4) is 0 Å². The minimum atomic E-state index is -0.0714. The molecular weight excluding hydrogens is 326 g/mol. The van der Waals surface area contributed by atoms with Gasteiger partial charge in [-0.2, -0.15) is 5.26 Å². The Bertz CT molecular complexity index is 882. The summed E-state index contributed by atoms with van der Waals surface area (Å²) < 4.78 is 5.38. The minimum Gasteiger partial charge on any atom is -0.497 e. The molecule has 3 rings (SSSR count). The smallest absolute Gasteiger partial charge is 0.216 e. The van der Waals surface area contributed by atoms with E-state index in [0.717, 1.165) is 28.0 Å². The van der Waals surface area contributed by atoms with Crippen molar-refractivity contribution in [2.24, 2.45) is 0 Å². The molecule has 0 aromatic heterocycles. The van der Waals surface area contributed by atoms with Crippen LogP contribution in [0.5, 0.6) is 5.75 Å². The minimum absolute atomic E-state index is 0.0714. The Kier molecular flexibility index (Phi) is 5.23. The molecule has 2 aromatic rings. The summed E-state index contributed by atoms with van der Waals surface area (Å²) >= 11 is 0. The summed E-state index contributed by atoms with van der Waals surface area (Å²) in [7, 11) is 1.64. The van der Waals surface area contributed by atoms with Crippen molar-refractivity contribution in [3.05, 3.63) is 70.9 Å². The van der Waals surface area contributed by atoms with E-state index in [1.54, 1.807) is 7.11 Å². The van der Waals surface area contributed by atoms with E-state index >= 15 is 0 Å². The molecule has 5 heteroatoms. The van der Waals surface area contributed by atoms with Crippen LogP contribution in [0.2, 0.25) is 0 Å². The summed E-state index contributed by atoms with van der Waals surface area (Å²) in [6, 6.07) is 18.2. The molecule has 0 spiro atoms. The van der Waals surface area contributed by atoms with Gasteiger partial charge in [-0.1, -0.05) is 36.4 Å². The maximum atomic E-state index is 11.2. The maximum absolute atomic E-state index is 11.2. The monoisotopic (exact) mass is 347 g/mol. The average molecular weight is 347 g/mol. The molecule has 0 fully saturated rings. The molecule has 0 atom stereocenters. The lowest BCUT2D eigenvalue weighted by molar-refractivity contribution is -0.119. The van der Waals surface area contributed by atoms with E-state index in [4.69, 9.17) is 4.74 Å². The predicted molar refractivity (Wildman–Crippen MR) is 100 cm³/mol. The van der Waals surface area contributed by atoms with Crippen molar-refractivity contribution in [2.45, 2.75) is 13.5 Å². The van der Waals surface area contributed by atoms with Gasteiger partial charge >= 0.3 is 0 Å². The largest absolute Gasteiger partial charge is 0.497 e. The lowest BCUT2D eigenvalue weighted by Gasteiger charge is -2.32. The Labute approximate surface area is 153 Å². The molecule has 1 N–H and O–H groups in total. The number of ether oxygens (including phenoxy) is 1. The number of carbonyl (C=O) groups excluding carboxylic acids is 1. The van der Waals surface area contributed by atoms with Crippen molar-refractivity contribution in [1.29, 1.82) is 5.26 Å². The summed E-state index contributed by atoms with van der Waals surface area (Å²) in [6.45, 7) is 3.19. The van der Waals surface area contributed by atoms with Crippen LogP contribution < -0.4 is 10.1 Å². The molecule has 0 unspecified atom stereocenters. The number of fused-ring (bicyclic) bond motifs is 1. The lowest BCUT2D eigenvalue weighted by atomic mass is 9.88. The first kappa shape index (κ1) is 17.6. The van der Waals surface area contributed by atoms with E-state index in [2.05, 4.69) is 11.4 Å². The van der Waals surface area contributed by atoms with Crippen LogP contribution in [0, 0.1) is 11.3 Å². The first-order valence-electron chi connectivity index (χ1n) is 8.50. The zero-order valence-electron chi connectivity index (χ0n) is 15.0. The Balaban J connectivity index is 2.09. The predicted octanol–water partition coefficient (Wildman–Crippen LogP) is 2.93. The Morgan fingerprint density at radius 1 is 1.27 bits per heavy atom. The van der Waals surface area contributed by atoms with Gasteiger partial charge in [0.25, 0.3) is 0 Å². The van der Waals surface area contributed by atoms with Crippen molar-refractivity contribution in [3.8, 4) is 11.8 Å². The van der Waals surface area contributed by atoms with E-state index in [1.807, 2.05) is 53.4 Å². The van der Waals surface area contributed by atoms with Gasteiger partial charge in [0.1, 0.15) is 17.5 Å². The van der Waals surface area contributed by atoms with Crippen molar-refractivity contribution in [2.75, 3.05) is 20.2 Å². The first-order valence-corrected chi connectivity index (χ1v) is 8.50. The molecule has 1 heterocycles. The molecule has 132 valence electrons. The summed E-state index contributed by atoms with van der Waals surface area (Å²) in [6.07, 6.45) is 0. The number of nitrogens with zero attached hydrogens (tertiary/aromatic N) is 2. The van der Waals surface area contributed by atoms with E-state index in [-0.39, 0.29) is 5.91 Å². The fraction of sp³-hybridized carbons (Fsp3) is 0.238. The number of nitriles is 1. The summed E-state index contributed by atoms with van der Waals surface area (Å²) in [5.74, 6) is 0.694. The van der Waals surface area contributed by atoms with Gasteiger partial charge in [-0.25, -0.2) is 0 Å². The van der Waals surface area contributed by atoms with Crippen LogP contribution in [-0.4, -0.2) is 31.0 Å². The Morgan fingerprint density at radius 2 is 2.04 bits per heavy atom. The third-order valence-corrected chi connectivity index (χ3v) is 4.42. The summed E-state index contributed by atoms with van der Waals surface area (Å²) in [4.78, 5) is 13.2. The molecule has 0 saturated heterocycles. The maximum Gasteiger partial charge on any atom is 0.216 e. The second-order valence-electron chi connectivity index (χ2n) is 6.13. The van der Waals surface area contributed by atoms with Crippen LogP contribution in [-0.2, 0) is 11.3 Å². The zero-order valence-corrected chi connectivity index (χ0v) is 15.0. The zero-order chi connectivity index (χ0) is 18.5. The highest BCUT2D eigenvalue weighted by molar-refractivity contribution is 5.87. The number of allylic oxidation sites excluding steroid dienone is 1. The Morgan fingerprint density at radius 3 is 2.69 bits per heavy atom. The van der Waals surface area contributed by atoms with Crippen molar-refractivity contribution in [1.82, 2.24) is 10.2 Å². The van der Waals surface area contributed by atoms with Gasteiger partial charge in [-0.05, 0) is 28.8 Å². The van der Waals surface area contributed by atoms with Crippen molar-refractivity contribution < 1.29 is 9.53 Å². The number of carbonyl (C=O) groups is 1. The SMILES string of the molecule is COc1ccc2c(c1)C(c1ccccc1)=C(C#N)N(CCNC(C)=O)C2. The Hall–Kier alpha value is -3.26. The van der Waals surface area contributed by atoms with Crippen molar-refractivity contribution >= 4 is 11.5 Å². The van der Waals surface area contributed by atoms with Crippen LogP contribution in [0.25, 0.3) is 5.57 Å². The molecule has 0 saturated carbocycles. The second-order valence-corrected chi connectivity index (χ2v) is 6.13. The lowest BCUT2D eigenvalue weighted by Crippen LogP contribution is -2.35. The molecule has 2 aromatic carbocycles. The van der Waals surface area contributed by atoms with Gasteiger partial charge in [0.2, 0.25) is 5.91 Å². The molecule has 1 aliphatic rings. The highest BCUT2D eigenvalue weighted by atomic mass is 16.5. The fourth-order valence-corrected chi connectivity index (χ4v) is 3.20. The quantitative estimate of drug-likeness (QED) is 0.903. The first-order chi connectivity index (χ1) is 12.6. The topological polar surface area (TPSA) is 65.4 Å². The highest BCUT2D eigenvalue weighted by Gasteiger charge is 2.26. The van der Waals surface area contributed by atoms with Crippen LogP contribution in [0.4, 0.5) is 0 Å². The molecule has 0 aliphatic carbocycles. The van der Waals surface area contributed by atoms with E-state index in [0.29, 0.717) is 25.3 Å². The number of hydrogen-bond acceptors (Lipinski definition) is 4. The highest BCUT2D eigenvalue weighted by Crippen LogP contribution is 2.37. The van der Waals surface area contributed by atoms with Gasteiger partial charge in [-0.3, -0.25) is 4.79 Å². The molecule has 5 nitrogen and oxygen atoms in total. The number of nitrogens with one attached hydrogen (secondary N) is 1. The van der Waals surface area contributed by atoms with Gasteiger partial charge in [-0.15, -0.1) is 0 Å². The van der Waals surface area contributed by atoms with Gasteiger partial charge in [0, 0.05) is 32.1 Å². The van der Waals surface area contributed by atoms with E-state index in [1.165, 1.54) is 6.92 Å². The number of hydrogen-bond donors (Lipinski definition) is 1. The third kappa shape index (κ3) is 3.55. The molecule has 26 heavy (non-hydrogen) atoms. The molecular formula is C21H21N3O2. The summed E-state index contributed by atoms with van der Waals surface area (Å²) in [5.41, 5.74) is 4.65. The second kappa shape index (κ2) is 7.75. The normalized spacial score (nSPS) is 13.0. The number of methoxy groups -OCH3 is 1. The van der Waals surface area contributed by atoms with Crippen LogP contribution in [0.1, 0.15) is 23.6 Å². The number of rotatable bonds is 5. The van der Waals surface area contributed by atoms with Crippen LogP contribution >= 0.6 is 0 Å². The standard InChI is InChI=1S/C21H21N3O2/c1-15(25)23-10-11-24-14-17-8-9-18(26-2)12-19(17)21(20(24)13-22)16-6-4-3-5-7-16/h3-9,12H,10-11,14H2,1-2H3,(H,23,25). The number of benzene rings is 2. The molecule has 1 aliphatic heterocycles. The molecule has 0 radical (unpaired) electrons. The van der Waals surface area contributed by atoms with Gasteiger partial charge in [0.05, 0.1) is 7.11 Å². The van der Waals surface area contributed by atoms with Gasteiger partial charge in [0.15, 0.2) is 0 Å². The number of amides is 1. The summed E-state index contributed by atoms with van der Waals surface area (Å²) in [5, 5.41) is 12.7.